The van der Waals surface area contributed by atoms with Gasteiger partial charge in [0.1, 0.15) is 17.8 Å². The molecule has 1 atom stereocenters. The third-order valence-corrected chi connectivity index (χ3v) is 3.21. The van der Waals surface area contributed by atoms with Crippen LogP contribution in [-0.4, -0.2) is 41.6 Å². The molecule has 0 saturated carbocycles. The Labute approximate surface area is 115 Å². The first-order valence-corrected chi connectivity index (χ1v) is 5.89. The van der Waals surface area contributed by atoms with Crippen molar-refractivity contribution in [3.8, 4) is 5.75 Å². The number of amides is 3. The van der Waals surface area contributed by atoms with E-state index < -0.39 is 30.0 Å². The van der Waals surface area contributed by atoms with Crippen molar-refractivity contribution in [1.82, 2.24) is 10.2 Å². The molecule has 0 radical (unpaired) electrons. The number of hydrogen-bond donors (Lipinski definition) is 2. The standard InChI is InChI=1S/C13H14N2O5/c1-13(8-5-3-4-6-9(8)20-2)11(18)15(7-10(16)17)12(19)14-13/h3-6H,7H2,1-2H3,(H,14,19)(H,16,17). The second-order valence-electron chi connectivity index (χ2n) is 4.54. The molecule has 1 heterocycles. The molecule has 1 fully saturated rings. The van der Waals surface area contributed by atoms with Crippen LogP contribution in [0.2, 0.25) is 0 Å². The number of carboxylic acids is 1. The molecule has 0 aliphatic carbocycles. The Morgan fingerprint density at radius 1 is 1.40 bits per heavy atom. The van der Waals surface area contributed by atoms with Crippen molar-refractivity contribution >= 4 is 17.9 Å². The van der Waals surface area contributed by atoms with Crippen LogP contribution in [0.5, 0.6) is 5.75 Å². The minimum Gasteiger partial charge on any atom is -0.496 e. The van der Waals surface area contributed by atoms with Crippen LogP contribution in [0.25, 0.3) is 0 Å². The lowest BCUT2D eigenvalue weighted by atomic mass is 9.91. The topological polar surface area (TPSA) is 95.9 Å². The second kappa shape index (κ2) is 4.84. The van der Waals surface area contributed by atoms with Crippen molar-refractivity contribution in [2.75, 3.05) is 13.7 Å². The highest BCUT2D eigenvalue weighted by Gasteiger charge is 2.50. The number of urea groups is 1. The van der Waals surface area contributed by atoms with Gasteiger partial charge in [0.25, 0.3) is 5.91 Å². The summed E-state index contributed by atoms with van der Waals surface area (Å²) >= 11 is 0. The maximum absolute atomic E-state index is 12.4. The summed E-state index contributed by atoms with van der Waals surface area (Å²) < 4.78 is 5.18. The minimum atomic E-state index is -1.33. The smallest absolute Gasteiger partial charge is 0.325 e. The third kappa shape index (κ3) is 2.07. The fraction of sp³-hybridized carbons (Fsp3) is 0.308. The van der Waals surface area contributed by atoms with Crippen LogP contribution in [0.3, 0.4) is 0 Å². The van der Waals surface area contributed by atoms with Crippen LogP contribution in [0, 0.1) is 0 Å². The van der Waals surface area contributed by atoms with Gasteiger partial charge >= 0.3 is 12.0 Å². The van der Waals surface area contributed by atoms with E-state index >= 15 is 0 Å². The van der Waals surface area contributed by atoms with Crippen molar-refractivity contribution < 1.29 is 24.2 Å². The average molecular weight is 278 g/mol. The Bertz CT molecular complexity index is 586. The van der Waals surface area contributed by atoms with Gasteiger partial charge in [-0.3, -0.25) is 14.5 Å². The Morgan fingerprint density at radius 3 is 2.65 bits per heavy atom. The fourth-order valence-electron chi connectivity index (χ4n) is 2.22. The third-order valence-electron chi connectivity index (χ3n) is 3.21. The summed E-state index contributed by atoms with van der Waals surface area (Å²) in [5, 5.41) is 11.3. The lowest BCUT2D eigenvalue weighted by Gasteiger charge is -2.24. The van der Waals surface area contributed by atoms with Crippen LogP contribution in [0.4, 0.5) is 4.79 Å². The van der Waals surface area contributed by atoms with Gasteiger partial charge in [-0.25, -0.2) is 4.79 Å². The number of imide groups is 1. The molecular weight excluding hydrogens is 264 g/mol. The van der Waals surface area contributed by atoms with Crippen molar-refractivity contribution in [2.24, 2.45) is 0 Å². The number of aliphatic carboxylic acids is 1. The van der Waals surface area contributed by atoms with E-state index in [-0.39, 0.29) is 0 Å². The van der Waals surface area contributed by atoms with Crippen LogP contribution < -0.4 is 10.1 Å². The van der Waals surface area contributed by atoms with Crippen LogP contribution >= 0.6 is 0 Å². The molecule has 3 amide bonds. The molecule has 7 nitrogen and oxygen atoms in total. The Hall–Kier alpha value is -2.57. The number of carboxylic acid groups (broad SMARTS) is 1. The van der Waals surface area contributed by atoms with Gasteiger partial charge in [0.2, 0.25) is 0 Å². The number of nitrogens with zero attached hydrogens (tertiary/aromatic N) is 1. The first kappa shape index (κ1) is 13.9. The van der Waals surface area contributed by atoms with Crippen LogP contribution in [0.1, 0.15) is 12.5 Å². The lowest BCUT2D eigenvalue weighted by molar-refractivity contribution is -0.142. The number of rotatable bonds is 4. The van der Waals surface area contributed by atoms with E-state index in [2.05, 4.69) is 5.32 Å². The van der Waals surface area contributed by atoms with Crippen LogP contribution in [-0.2, 0) is 15.1 Å². The molecule has 1 aromatic carbocycles. The predicted octanol–water partition coefficient (Wildman–Crippen LogP) is 0.547. The molecule has 2 N–H and O–H groups in total. The van der Waals surface area contributed by atoms with Gasteiger partial charge in [0.05, 0.1) is 7.11 Å². The molecule has 1 aromatic rings. The van der Waals surface area contributed by atoms with Gasteiger partial charge in [-0.1, -0.05) is 18.2 Å². The van der Waals surface area contributed by atoms with Crippen LogP contribution in [0.15, 0.2) is 24.3 Å². The molecule has 7 heteroatoms. The number of carbonyl (C=O) groups is 3. The van der Waals surface area contributed by atoms with Gasteiger partial charge in [-0.2, -0.15) is 0 Å². The summed E-state index contributed by atoms with van der Waals surface area (Å²) in [6.07, 6.45) is 0. The van der Waals surface area contributed by atoms with Crippen molar-refractivity contribution in [3.05, 3.63) is 29.8 Å². The number of para-hydroxylation sites is 1. The molecule has 0 aromatic heterocycles. The van der Waals surface area contributed by atoms with Crippen molar-refractivity contribution in [1.29, 1.82) is 0 Å². The monoisotopic (exact) mass is 278 g/mol. The number of nitrogens with one attached hydrogen (secondary N) is 1. The molecule has 1 saturated heterocycles. The number of benzene rings is 1. The van der Waals surface area contributed by atoms with Gasteiger partial charge in [-0.05, 0) is 13.0 Å². The maximum atomic E-state index is 12.4. The highest BCUT2D eigenvalue weighted by atomic mass is 16.5. The lowest BCUT2D eigenvalue weighted by Crippen LogP contribution is -2.41. The molecule has 1 aliphatic rings. The molecule has 1 unspecified atom stereocenters. The summed E-state index contributed by atoms with van der Waals surface area (Å²) in [4.78, 5) is 35.6. The van der Waals surface area contributed by atoms with Crippen molar-refractivity contribution in [3.63, 3.8) is 0 Å². The summed E-state index contributed by atoms with van der Waals surface area (Å²) in [7, 11) is 1.46. The summed E-state index contributed by atoms with van der Waals surface area (Å²) in [5.74, 6) is -1.42. The van der Waals surface area contributed by atoms with Gasteiger partial charge in [0, 0.05) is 5.56 Å². The average Bonchev–Trinajstić information content (AvgIpc) is 2.63. The zero-order valence-electron chi connectivity index (χ0n) is 11.0. The zero-order chi connectivity index (χ0) is 14.9. The van der Waals surface area contributed by atoms with E-state index in [9.17, 15) is 14.4 Å². The van der Waals surface area contributed by atoms with E-state index in [0.29, 0.717) is 16.2 Å². The van der Waals surface area contributed by atoms with E-state index in [1.807, 2.05) is 0 Å². The first-order chi connectivity index (χ1) is 9.40. The zero-order valence-corrected chi connectivity index (χ0v) is 11.0. The number of hydrogen-bond acceptors (Lipinski definition) is 4. The molecule has 0 bridgehead atoms. The van der Waals surface area contributed by atoms with E-state index in [1.54, 1.807) is 24.3 Å². The normalized spacial score (nSPS) is 21.8. The predicted molar refractivity (Wildman–Crippen MR) is 68.2 cm³/mol. The van der Waals surface area contributed by atoms with E-state index in [1.165, 1.54) is 14.0 Å². The van der Waals surface area contributed by atoms with E-state index in [0.717, 1.165) is 0 Å². The number of ether oxygens (including phenoxy) is 1. The Morgan fingerprint density at radius 2 is 2.05 bits per heavy atom. The maximum Gasteiger partial charge on any atom is 0.325 e. The summed E-state index contributed by atoms with van der Waals surface area (Å²) in [6, 6.07) is 6.04. The fourth-order valence-corrected chi connectivity index (χ4v) is 2.22. The molecule has 1 aliphatic heterocycles. The Kier molecular flexibility index (Phi) is 3.35. The molecule has 0 spiro atoms. The molecular formula is C13H14N2O5. The van der Waals surface area contributed by atoms with Gasteiger partial charge < -0.3 is 15.2 Å². The molecule has 20 heavy (non-hydrogen) atoms. The SMILES string of the molecule is COc1ccccc1C1(C)NC(=O)N(CC(=O)O)C1=O. The molecule has 106 valence electrons. The quantitative estimate of drug-likeness (QED) is 0.784. The van der Waals surface area contributed by atoms with Gasteiger partial charge in [-0.15, -0.1) is 0 Å². The second-order valence-corrected chi connectivity index (χ2v) is 4.54. The minimum absolute atomic E-state index is 0.445. The summed E-state index contributed by atoms with van der Waals surface area (Å²) in [6.45, 7) is 0.850. The van der Waals surface area contributed by atoms with E-state index in [4.69, 9.17) is 9.84 Å². The highest BCUT2D eigenvalue weighted by molar-refractivity contribution is 6.09. The first-order valence-electron chi connectivity index (χ1n) is 5.89. The number of carbonyl (C=O) groups excluding carboxylic acids is 2. The summed E-state index contributed by atoms with van der Waals surface area (Å²) in [5.41, 5.74) is -0.854. The highest BCUT2D eigenvalue weighted by Crippen LogP contribution is 2.34. The van der Waals surface area contributed by atoms with Gasteiger partial charge in [0.15, 0.2) is 0 Å². The number of methoxy groups -OCH3 is 1. The van der Waals surface area contributed by atoms with Crippen molar-refractivity contribution in [2.45, 2.75) is 12.5 Å². The molecule has 2 rings (SSSR count). The largest absolute Gasteiger partial charge is 0.496 e. The Balaban J connectivity index is 2.43.